The molecule has 1 amide bonds. The quantitative estimate of drug-likeness (QED) is 0.922. The van der Waals surface area contributed by atoms with Crippen LogP contribution in [0.4, 0.5) is 0 Å². The summed E-state index contributed by atoms with van der Waals surface area (Å²) in [6.45, 7) is 2.72. The van der Waals surface area contributed by atoms with Crippen molar-refractivity contribution in [2.45, 2.75) is 13.0 Å². The van der Waals surface area contributed by atoms with Gasteiger partial charge in [-0.3, -0.25) is 4.79 Å². The van der Waals surface area contributed by atoms with Gasteiger partial charge in [0.1, 0.15) is 12.4 Å². The Labute approximate surface area is 115 Å². The SMILES string of the molecule is CCOc1cc(C(=O)N[C@@H]2COc3ccccc32)on1. The van der Waals surface area contributed by atoms with Crippen LogP contribution in [0.25, 0.3) is 0 Å². The minimum Gasteiger partial charge on any atom is -0.491 e. The summed E-state index contributed by atoms with van der Waals surface area (Å²) in [6, 6.07) is 8.91. The highest BCUT2D eigenvalue weighted by atomic mass is 16.5. The number of carbonyl (C=O) groups excluding carboxylic acids is 1. The molecular formula is C14H14N2O4. The summed E-state index contributed by atoms with van der Waals surface area (Å²) < 4.78 is 15.6. The Morgan fingerprint density at radius 1 is 1.50 bits per heavy atom. The third-order valence-corrected chi connectivity index (χ3v) is 3.01. The van der Waals surface area contributed by atoms with Crippen molar-refractivity contribution in [2.24, 2.45) is 0 Å². The van der Waals surface area contributed by atoms with E-state index >= 15 is 0 Å². The molecule has 2 aromatic rings. The van der Waals surface area contributed by atoms with Gasteiger partial charge in [0.2, 0.25) is 5.76 Å². The normalized spacial score (nSPS) is 16.4. The van der Waals surface area contributed by atoms with Crippen LogP contribution < -0.4 is 14.8 Å². The molecule has 0 saturated heterocycles. The zero-order valence-electron chi connectivity index (χ0n) is 11.0. The number of ether oxygens (including phenoxy) is 2. The van der Waals surface area contributed by atoms with E-state index in [1.54, 1.807) is 0 Å². The highest BCUT2D eigenvalue weighted by Gasteiger charge is 2.26. The number of fused-ring (bicyclic) bond motifs is 1. The van der Waals surface area contributed by atoms with Crippen LogP contribution in [0.3, 0.4) is 0 Å². The second-order valence-electron chi connectivity index (χ2n) is 4.34. The molecule has 3 rings (SSSR count). The second kappa shape index (κ2) is 5.24. The smallest absolute Gasteiger partial charge is 0.290 e. The zero-order valence-corrected chi connectivity index (χ0v) is 11.0. The molecule has 1 atom stereocenters. The van der Waals surface area contributed by atoms with E-state index in [1.807, 2.05) is 31.2 Å². The van der Waals surface area contributed by atoms with E-state index < -0.39 is 0 Å². The van der Waals surface area contributed by atoms with Crippen LogP contribution in [0.1, 0.15) is 29.1 Å². The third kappa shape index (κ3) is 2.32. The molecule has 1 aromatic heterocycles. The lowest BCUT2D eigenvalue weighted by Crippen LogP contribution is -2.29. The van der Waals surface area contributed by atoms with Crippen LogP contribution >= 0.6 is 0 Å². The Hall–Kier alpha value is -2.50. The number of rotatable bonds is 4. The molecular weight excluding hydrogens is 260 g/mol. The van der Waals surface area contributed by atoms with Crippen molar-refractivity contribution >= 4 is 5.91 Å². The molecule has 0 bridgehead atoms. The van der Waals surface area contributed by atoms with Gasteiger partial charge in [0.15, 0.2) is 0 Å². The van der Waals surface area contributed by atoms with Gasteiger partial charge in [0.05, 0.1) is 18.7 Å². The summed E-state index contributed by atoms with van der Waals surface area (Å²) in [5.41, 5.74) is 0.963. The van der Waals surface area contributed by atoms with Gasteiger partial charge in [-0.1, -0.05) is 18.2 Å². The predicted molar refractivity (Wildman–Crippen MR) is 69.8 cm³/mol. The van der Waals surface area contributed by atoms with Crippen molar-refractivity contribution in [3.05, 3.63) is 41.7 Å². The summed E-state index contributed by atoms with van der Waals surface area (Å²) in [6.07, 6.45) is 0. The van der Waals surface area contributed by atoms with E-state index in [0.717, 1.165) is 11.3 Å². The van der Waals surface area contributed by atoms with Crippen LogP contribution in [-0.2, 0) is 0 Å². The summed E-state index contributed by atoms with van der Waals surface area (Å²) in [4.78, 5) is 12.1. The molecule has 0 aliphatic carbocycles. The average molecular weight is 274 g/mol. The lowest BCUT2D eigenvalue weighted by Gasteiger charge is -2.09. The van der Waals surface area contributed by atoms with Gasteiger partial charge in [-0.15, -0.1) is 0 Å². The van der Waals surface area contributed by atoms with E-state index in [9.17, 15) is 4.79 Å². The van der Waals surface area contributed by atoms with Crippen molar-refractivity contribution in [3.63, 3.8) is 0 Å². The Balaban J connectivity index is 1.70. The van der Waals surface area contributed by atoms with E-state index in [0.29, 0.717) is 19.1 Å². The fraction of sp³-hybridized carbons (Fsp3) is 0.286. The lowest BCUT2D eigenvalue weighted by atomic mass is 10.1. The maximum atomic E-state index is 12.1. The summed E-state index contributed by atoms with van der Waals surface area (Å²) in [7, 11) is 0. The maximum Gasteiger partial charge on any atom is 0.290 e. The Kier molecular flexibility index (Phi) is 3.28. The number of para-hydroxylation sites is 1. The Morgan fingerprint density at radius 3 is 3.20 bits per heavy atom. The monoisotopic (exact) mass is 274 g/mol. The summed E-state index contributed by atoms with van der Waals surface area (Å²) in [5, 5.41) is 6.51. The van der Waals surface area contributed by atoms with Gasteiger partial charge >= 0.3 is 0 Å². The third-order valence-electron chi connectivity index (χ3n) is 3.01. The van der Waals surface area contributed by atoms with Crippen molar-refractivity contribution in [2.75, 3.05) is 13.2 Å². The Bertz CT molecular complexity index is 623. The van der Waals surface area contributed by atoms with Crippen LogP contribution in [-0.4, -0.2) is 24.3 Å². The molecule has 104 valence electrons. The molecule has 6 heteroatoms. The maximum absolute atomic E-state index is 12.1. The number of benzene rings is 1. The minimum absolute atomic E-state index is 0.123. The zero-order chi connectivity index (χ0) is 13.9. The highest BCUT2D eigenvalue weighted by molar-refractivity contribution is 5.92. The van der Waals surface area contributed by atoms with Crippen LogP contribution in [0.5, 0.6) is 11.6 Å². The lowest BCUT2D eigenvalue weighted by molar-refractivity contribution is 0.0892. The Morgan fingerprint density at radius 2 is 2.35 bits per heavy atom. The van der Waals surface area contributed by atoms with Crippen LogP contribution in [0, 0.1) is 0 Å². The van der Waals surface area contributed by atoms with Gasteiger partial charge in [0.25, 0.3) is 11.8 Å². The van der Waals surface area contributed by atoms with Gasteiger partial charge in [-0.05, 0) is 18.1 Å². The molecule has 1 aromatic carbocycles. The highest BCUT2D eigenvalue weighted by Crippen LogP contribution is 2.31. The summed E-state index contributed by atoms with van der Waals surface area (Å²) in [5.74, 6) is 0.887. The van der Waals surface area contributed by atoms with Gasteiger partial charge in [0, 0.05) is 5.56 Å². The molecule has 20 heavy (non-hydrogen) atoms. The standard InChI is InChI=1S/C14H14N2O4/c1-2-18-13-7-12(20-16-13)14(17)15-10-8-19-11-6-4-3-5-9(10)11/h3-7,10H,2,8H2,1H3,(H,15,17)/t10-/m1/s1. The molecule has 6 nitrogen and oxygen atoms in total. The average Bonchev–Trinajstić information content (AvgIpc) is 3.07. The summed E-state index contributed by atoms with van der Waals surface area (Å²) >= 11 is 0. The topological polar surface area (TPSA) is 73.6 Å². The van der Waals surface area contributed by atoms with E-state index in [1.165, 1.54) is 6.07 Å². The van der Waals surface area contributed by atoms with Crippen molar-refractivity contribution in [1.29, 1.82) is 0 Å². The number of carbonyl (C=O) groups is 1. The molecule has 1 N–H and O–H groups in total. The first-order valence-corrected chi connectivity index (χ1v) is 6.40. The first kappa shape index (κ1) is 12.5. The molecule has 2 heterocycles. The first-order chi connectivity index (χ1) is 9.78. The molecule has 1 aliphatic rings. The molecule has 0 saturated carbocycles. The van der Waals surface area contributed by atoms with Crippen molar-refractivity contribution < 1.29 is 18.8 Å². The van der Waals surface area contributed by atoms with Gasteiger partial charge in [-0.25, -0.2) is 0 Å². The molecule has 0 fully saturated rings. The number of nitrogens with zero attached hydrogens (tertiary/aromatic N) is 1. The number of nitrogens with one attached hydrogen (secondary N) is 1. The number of hydrogen-bond donors (Lipinski definition) is 1. The second-order valence-corrected chi connectivity index (χ2v) is 4.34. The van der Waals surface area contributed by atoms with Crippen LogP contribution in [0.2, 0.25) is 0 Å². The molecule has 0 radical (unpaired) electrons. The van der Waals surface area contributed by atoms with Crippen molar-refractivity contribution in [3.8, 4) is 11.6 Å². The van der Waals surface area contributed by atoms with Gasteiger partial charge < -0.3 is 19.3 Å². The van der Waals surface area contributed by atoms with Crippen molar-refractivity contribution in [1.82, 2.24) is 10.5 Å². The first-order valence-electron chi connectivity index (χ1n) is 6.40. The number of aromatic nitrogens is 1. The predicted octanol–water partition coefficient (Wildman–Crippen LogP) is 1.94. The van der Waals surface area contributed by atoms with E-state index in [4.69, 9.17) is 14.0 Å². The molecule has 1 aliphatic heterocycles. The largest absolute Gasteiger partial charge is 0.491 e. The van der Waals surface area contributed by atoms with Gasteiger partial charge in [-0.2, -0.15) is 0 Å². The van der Waals surface area contributed by atoms with E-state index in [2.05, 4.69) is 10.5 Å². The minimum atomic E-state index is -0.339. The molecule has 0 spiro atoms. The fourth-order valence-electron chi connectivity index (χ4n) is 2.09. The fourth-order valence-corrected chi connectivity index (χ4v) is 2.09. The van der Waals surface area contributed by atoms with E-state index in [-0.39, 0.29) is 17.7 Å². The molecule has 0 unspecified atom stereocenters. The number of amides is 1. The number of hydrogen-bond acceptors (Lipinski definition) is 5. The van der Waals surface area contributed by atoms with Crippen LogP contribution in [0.15, 0.2) is 34.9 Å².